The third-order valence-corrected chi connectivity index (χ3v) is 4.34. The Morgan fingerprint density at radius 2 is 1.91 bits per heavy atom. The molecule has 3 rings (SSSR count). The highest BCUT2D eigenvalue weighted by molar-refractivity contribution is 5.95. The minimum Gasteiger partial charge on any atom is -0.331 e. The number of amides is 1. The lowest BCUT2D eigenvalue weighted by atomic mass is 9.94. The Morgan fingerprint density at radius 1 is 1.23 bits per heavy atom. The molecule has 1 saturated heterocycles. The molecule has 0 unspecified atom stereocenters. The highest BCUT2D eigenvalue weighted by Crippen LogP contribution is 2.35. The Bertz CT molecular complexity index is 682. The lowest BCUT2D eigenvalue weighted by molar-refractivity contribution is 0.0459. The Morgan fingerprint density at radius 3 is 2.41 bits per heavy atom. The molecular formula is C18H23N3O. The Balaban J connectivity index is 1.85. The maximum Gasteiger partial charge on any atom is 0.257 e. The molecule has 1 aliphatic heterocycles. The van der Waals surface area contributed by atoms with Crippen molar-refractivity contribution in [2.24, 2.45) is 0 Å². The maximum atomic E-state index is 12.8. The predicted molar refractivity (Wildman–Crippen MR) is 86.8 cm³/mol. The molecule has 116 valence electrons. The van der Waals surface area contributed by atoms with Crippen LogP contribution in [0.1, 0.15) is 54.8 Å². The van der Waals surface area contributed by atoms with E-state index in [4.69, 9.17) is 0 Å². The number of benzene rings is 1. The zero-order valence-electron chi connectivity index (χ0n) is 13.7. The van der Waals surface area contributed by atoms with E-state index >= 15 is 0 Å². The average molecular weight is 297 g/mol. The van der Waals surface area contributed by atoms with Crippen LogP contribution in [0.3, 0.4) is 0 Å². The van der Waals surface area contributed by atoms with E-state index in [1.807, 2.05) is 34.7 Å². The van der Waals surface area contributed by atoms with Crippen LogP contribution in [0.4, 0.5) is 0 Å². The lowest BCUT2D eigenvalue weighted by Crippen LogP contribution is -2.45. The monoisotopic (exact) mass is 297 g/mol. The molecule has 0 saturated carbocycles. The van der Waals surface area contributed by atoms with E-state index in [0.29, 0.717) is 0 Å². The van der Waals surface area contributed by atoms with Crippen molar-refractivity contribution in [2.45, 2.75) is 45.7 Å². The van der Waals surface area contributed by atoms with Gasteiger partial charge in [0.15, 0.2) is 0 Å². The van der Waals surface area contributed by atoms with Gasteiger partial charge in [0.05, 0.1) is 23.3 Å². The highest BCUT2D eigenvalue weighted by Gasteiger charge is 2.35. The molecule has 1 atom stereocenters. The largest absolute Gasteiger partial charge is 0.331 e. The summed E-state index contributed by atoms with van der Waals surface area (Å²) < 4.78 is 1.93. The maximum absolute atomic E-state index is 12.8. The molecule has 4 heteroatoms. The molecule has 1 aromatic heterocycles. The summed E-state index contributed by atoms with van der Waals surface area (Å²) in [5.41, 5.74) is 2.76. The van der Waals surface area contributed by atoms with Gasteiger partial charge < -0.3 is 4.90 Å². The fourth-order valence-corrected chi connectivity index (χ4v) is 3.10. The van der Waals surface area contributed by atoms with E-state index in [2.05, 4.69) is 38.0 Å². The zero-order chi connectivity index (χ0) is 15.9. The van der Waals surface area contributed by atoms with Crippen LogP contribution in [-0.4, -0.2) is 27.1 Å². The molecule has 0 N–H and O–H groups in total. The van der Waals surface area contributed by atoms with Gasteiger partial charge in [-0.05, 0) is 39.7 Å². The molecule has 0 bridgehead atoms. The number of nitrogens with zero attached hydrogens (tertiary/aromatic N) is 3. The summed E-state index contributed by atoms with van der Waals surface area (Å²) in [5, 5.41) is 4.42. The summed E-state index contributed by atoms with van der Waals surface area (Å²) in [6.07, 6.45) is 2.74. The van der Waals surface area contributed by atoms with Crippen LogP contribution in [0.25, 0.3) is 0 Å². The van der Waals surface area contributed by atoms with Crippen LogP contribution in [0.2, 0.25) is 0 Å². The number of hydrogen-bond donors (Lipinski definition) is 0. The van der Waals surface area contributed by atoms with Gasteiger partial charge in [-0.15, -0.1) is 0 Å². The summed E-state index contributed by atoms with van der Waals surface area (Å²) in [6.45, 7) is 9.08. The Kier molecular flexibility index (Phi) is 3.55. The summed E-state index contributed by atoms with van der Waals surface area (Å²) in [4.78, 5) is 14.8. The van der Waals surface area contributed by atoms with Gasteiger partial charge in [0.25, 0.3) is 5.91 Å². The fraction of sp³-hybridized carbons (Fsp3) is 0.444. The van der Waals surface area contributed by atoms with Crippen molar-refractivity contribution in [1.82, 2.24) is 14.7 Å². The zero-order valence-corrected chi connectivity index (χ0v) is 13.7. The highest BCUT2D eigenvalue weighted by atomic mass is 16.2. The first-order valence-corrected chi connectivity index (χ1v) is 7.80. The molecule has 0 spiro atoms. The Labute approximate surface area is 131 Å². The van der Waals surface area contributed by atoms with Gasteiger partial charge in [-0.3, -0.25) is 9.48 Å². The van der Waals surface area contributed by atoms with Gasteiger partial charge in [-0.1, -0.05) is 30.3 Å². The van der Waals surface area contributed by atoms with Crippen LogP contribution in [0.5, 0.6) is 0 Å². The van der Waals surface area contributed by atoms with Crippen molar-refractivity contribution in [1.29, 1.82) is 0 Å². The van der Waals surface area contributed by atoms with Gasteiger partial charge in [-0.2, -0.15) is 5.10 Å². The second kappa shape index (κ2) is 5.27. The third-order valence-electron chi connectivity index (χ3n) is 4.34. The van der Waals surface area contributed by atoms with Crippen LogP contribution in [0, 0.1) is 6.92 Å². The molecule has 22 heavy (non-hydrogen) atoms. The second-order valence-corrected chi connectivity index (χ2v) is 6.94. The van der Waals surface area contributed by atoms with E-state index < -0.39 is 0 Å². The minimum atomic E-state index is -0.115. The van der Waals surface area contributed by atoms with Crippen molar-refractivity contribution in [2.75, 3.05) is 6.54 Å². The van der Waals surface area contributed by atoms with Crippen molar-refractivity contribution < 1.29 is 4.79 Å². The van der Waals surface area contributed by atoms with E-state index in [9.17, 15) is 4.79 Å². The fourth-order valence-electron chi connectivity index (χ4n) is 3.10. The summed E-state index contributed by atoms with van der Waals surface area (Å²) in [6, 6.07) is 10.4. The lowest BCUT2D eigenvalue weighted by Gasteiger charge is -2.41. The summed E-state index contributed by atoms with van der Waals surface area (Å²) in [7, 11) is 0. The third kappa shape index (κ3) is 2.43. The molecule has 0 aliphatic carbocycles. The Hall–Kier alpha value is -2.10. The van der Waals surface area contributed by atoms with Crippen molar-refractivity contribution in [3.05, 3.63) is 53.3 Å². The minimum absolute atomic E-state index is 0.0908. The first-order chi connectivity index (χ1) is 10.4. The smallest absolute Gasteiger partial charge is 0.257 e. The first-order valence-electron chi connectivity index (χ1n) is 7.80. The average Bonchev–Trinajstić information content (AvgIpc) is 2.80. The van der Waals surface area contributed by atoms with Crippen LogP contribution in [-0.2, 0) is 5.54 Å². The molecule has 1 fully saturated rings. The number of likely N-dealkylation sites (tertiary alicyclic amines) is 1. The topological polar surface area (TPSA) is 38.1 Å². The molecular weight excluding hydrogens is 274 g/mol. The number of rotatable bonds is 2. The van der Waals surface area contributed by atoms with Crippen molar-refractivity contribution >= 4 is 5.91 Å². The van der Waals surface area contributed by atoms with Gasteiger partial charge in [0, 0.05) is 12.2 Å². The van der Waals surface area contributed by atoms with Crippen LogP contribution in [0.15, 0.2) is 36.5 Å². The van der Waals surface area contributed by atoms with Crippen LogP contribution < -0.4 is 0 Å². The molecule has 2 aromatic rings. The standard InChI is InChI=1S/C18H23N3O/c1-13-15(12-19-21(13)18(2,3)4)17(22)20-11-10-16(20)14-8-6-5-7-9-14/h5-9,12,16H,10-11H2,1-4H3/t16-/m1/s1. The van der Waals surface area contributed by atoms with Crippen molar-refractivity contribution in [3.8, 4) is 0 Å². The van der Waals surface area contributed by atoms with Gasteiger partial charge in [0.2, 0.25) is 0 Å². The normalized spacial score (nSPS) is 18.2. The number of aromatic nitrogens is 2. The van der Waals surface area contributed by atoms with Gasteiger partial charge in [-0.25, -0.2) is 0 Å². The second-order valence-electron chi connectivity index (χ2n) is 6.94. The molecule has 2 heterocycles. The molecule has 1 aromatic carbocycles. The van der Waals surface area contributed by atoms with Crippen LogP contribution >= 0.6 is 0 Å². The number of carbonyl (C=O) groups excluding carboxylic acids is 1. The number of carbonyl (C=O) groups is 1. The van der Waals surface area contributed by atoms with E-state index in [1.165, 1.54) is 5.56 Å². The predicted octanol–water partition coefficient (Wildman–Crippen LogP) is 3.53. The quantitative estimate of drug-likeness (QED) is 0.850. The molecule has 0 radical (unpaired) electrons. The van der Waals surface area contributed by atoms with E-state index in [0.717, 1.165) is 24.2 Å². The van der Waals surface area contributed by atoms with Gasteiger partial charge >= 0.3 is 0 Å². The van der Waals surface area contributed by atoms with Gasteiger partial charge in [0.1, 0.15) is 0 Å². The number of hydrogen-bond acceptors (Lipinski definition) is 2. The van der Waals surface area contributed by atoms with E-state index in [1.54, 1.807) is 6.20 Å². The first kappa shape index (κ1) is 14.8. The molecule has 1 amide bonds. The SMILES string of the molecule is Cc1c(C(=O)N2CC[C@@H]2c2ccccc2)cnn1C(C)(C)C. The van der Waals surface area contributed by atoms with E-state index in [-0.39, 0.29) is 17.5 Å². The van der Waals surface area contributed by atoms with Crippen molar-refractivity contribution in [3.63, 3.8) is 0 Å². The molecule has 1 aliphatic rings. The summed E-state index contributed by atoms with van der Waals surface area (Å²) in [5.74, 6) is 0.0908. The molecule has 4 nitrogen and oxygen atoms in total. The summed E-state index contributed by atoms with van der Waals surface area (Å²) >= 11 is 0.